The number of para-hydroxylation sites is 2. The lowest BCUT2D eigenvalue weighted by Crippen LogP contribution is -2.48. The molecule has 2 heterocycles. The molecule has 1 fully saturated rings. The van der Waals surface area contributed by atoms with Crippen molar-refractivity contribution in [3.8, 4) is 5.75 Å². The van der Waals surface area contributed by atoms with Crippen LogP contribution in [0.4, 0.5) is 0 Å². The number of phenols is 1. The van der Waals surface area contributed by atoms with E-state index in [0.29, 0.717) is 18.7 Å². The van der Waals surface area contributed by atoms with Crippen molar-refractivity contribution >= 4 is 27.5 Å². The van der Waals surface area contributed by atoms with Crippen molar-refractivity contribution < 1.29 is 9.90 Å². The first kappa shape index (κ1) is 16.1. The number of aromatic hydroxyl groups is 1. The lowest BCUT2D eigenvalue weighted by atomic mass is 10.1. The van der Waals surface area contributed by atoms with Gasteiger partial charge >= 0.3 is 0 Å². The average molecular weight is 353 g/mol. The van der Waals surface area contributed by atoms with Gasteiger partial charge in [-0.3, -0.25) is 9.69 Å². The molecule has 1 aliphatic heterocycles. The molecule has 1 saturated heterocycles. The lowest BCUT2D eigenvalue weighted by molar-refractivity contribution is 0.0625. The highest BCUT2D eigenvalue weighted by atomic mass is 32.1. The van der Waals surface area contributed by atoms with Crippen LogP contribution in [0, 0.1) is 0 Å². The maximum Gasteiger partial charge on any atom is 0.257 e. The van der Waals surface area contributed by atoms with Crippen LogP contribution in [0.15, 0.2) is 48.5 Å². The minimum Gasteiger partial charge on any atom is -0.507 e. The van der Waals surface area contributed by atoms with Crippen molar-refractivity contribution in [2.45, 2.75) is 6.54 Å². The van der Waals surface area contributed by atoms with Gasteiger partial charge in [-0.15, -0.1) is 11.3 Å². The van der Waals surface area contributed by atoms with E-state index in [4.69, 9.17) is 0 Å². The Morgan fingerprint density at radius 2 is 1.76 bits per heavy atom. The molecule has 0 aliphatic carbocycles. The first-order valence-electron chi connectivity index (χ1n) is 8.35. The molecule has 0 spiro atoms. The molecule has 1 aliphatic rings. The highest BCUT2D eigenvalue weighted by Gasteiger charge is 2.24. The number of hydrogen-bond acceptors (Lipinski definition) is 5. The molecule has 0 saturated carbocycles. The fourth-order valence-corrected chi connectivity index (χ4v) is 4.12. The van der Waals surface area contributed by atoms with Crippen LogP contribution in [0.1, 0.15) is 15.4 Å². The van der Waals surface area contributed by atoms with Crippen LogP contribution in [0.2, 0.25) is 0 Å². The Morgan fingerprint density at radius 3 is 2.52 bits per heavy atom. The molecule has 1 aromatic heterocycles. The molecule has 25 heavy (non-hydrogen) atoms. The zero-order chi connectivity index (χ0) is 17.2. The summed E-state index contributed by atoms with van der Waals surface area (Å²) < 4.78 is 1.21. The summed E-state index contributed by atoms with van der Waals surface area (Å²) in [7, 11) is 0. The molecule has 6 heteroatoms. The third-order valence-corrected chi connectivity index (χ3v) is 5.51. The average Bonchev–Trinajstić information content (AvgIpc) is 3.04. The molecule has 0 radical (unpaired) electrons. The largest absolute Gasteiger partial charge is 0.507 e. The highest BCUT2D eigenvalue weighted by molar-refractivity contribution is 7.18. The van der Waals surface area contributed by atoms with E-state index in [1.807, 2.05) is 23.1 Å². The first-order chi connectivity index (χ1) is 12.2. The molecule has 128 valence electrons. The van der Waals surface area contributed by atoms with Gasteiger partial charge in [0.1, 0.15) is 10.8 Å². The van der Waals surface area contributed by atoms with E-state index in [2.05, 4.69) is 16.0 Å². The van der Waals surface area contributed by atoms with Gasteiger partial charge in [0, 0.05) is 26.2 Å². The topological polar surface area (TPSA) is 56.7 Å². The number of nitrogens with zero attached hydrogens (tertiary/aromatic N) is 3. The van der Waals surface area contributed by atoms with Crippen LogP contribution < -0.4 is 0 Å². The van der Waals surface area contributed by atoms with Crippen LogP contribution >= 0.6 is 11.3 Å². The van der Waals surface area contributed by atoms with Crippen LogP contribution in [-0.2, 0) is 6.54 Å². The summed E-state index contributed by atoms with van der Waals surface area (Å²) in [5.41, 5.74) is 1.43. The van der Waals surface area contributed by atoms with Crippen LogP contribution in [0.25, 0.3) is 10.2 Å². The summed E-state index contributed by atoms with van der Waals surface area (Å²) in [5, 5.41) is 11.0. The Bertz CT molecular complexity index is 867. The Morgan fingerprint density at radius 1 is 1.04 bits per heavy atom. The number of thiazole rings is 1. The Kier molecular flexibility index (Phi) is 4.38. The smallest absolute Gasteiger partial charge is 0.257 e. The zero-order valence-corrected chi connectivity index (χ0v) is 14.6. The summed E-state index contributed by atoms with van der Waals surface area (Å²) in [6, 6.07) is 14.9. The molecule has 5 nitrogen and oxygen atoms in total. The number of fused-ring (bicyclic) bond motifs is 1. The van der Waals surface area contributed by atoms with Gasteiger partial charge in [0.05, 0.1) is 22.3 Å². The van der Waals surface area contributed by atoms with Gasteiger partial charge in [-0.2, -0.15) is 0 Å². The van der Waals surface area contributed by atoms with Gasteiger partial charge in [-0.05, 0) is 24.3 Å². The predicted molar refractivity (Wildman–Crippen MR) is 98.9 cm³/mol. The maximum absolute atomic E-state index is 12.5. The molecule has 2 aromatic carbocycles. The second-order valence-corrected chi connectivity index (χ2v) is 7.28. The maximum atomic E-state index is 12.5. The van der Waals surface area contributed by atoms with Gasteiger partial charge in [0.25, 0.3) is 5.91 Å². The number of amides is 1. The van der Waals surface area contributed by atoms with Crippen molar-refractivity contribution in [2.75, 3.05) is 26.2 Å². The second kappa shape index (κ2) is 6.82. The van der Waals surface area contributed by atoms with E-state index in [0.717, 1.165) is 30.2 Å². The fourth-order valence-electron chi connectivity index (χ4n) is 3.11. The Balaban J connectivity index is 1.38. The van der Waals surface area contributed by atoms with Gasteiger partial charge < -0.3 is 10.0 Å². The quantitative estimate of drug-likeness (QED) is 0.786. The SMILES string of the molecule is O=C(c1ccccc1O)N1CCN(Cc2nc3ccccc3s2)CC1. The summed E-state index contributed by atoms with van der Waals surface area (Å²) in [6.07, 6.45) is 0. The van der Waals surface area contributed by atoms with Gasteiger partial charge in [-0.1, -0.05) is 24.3 Å². The highest BCUT2D eigenvalue weighted by Crippen LogP contribution is 2.23. The molecule has 1 amide bonds. The second-order valence-electron chi connectivity index (χ2n) is 6.16. The number of hydrogen-bond donors (Lipinski definition) is 1. The summed E-state index contributed by atoms with van der Waals surface area (Å²) in [4.78, 5) is 21.4. The van der Waals surface area contributed by atoms with Gasteiger partial charge in [0.2, 0.25) is 0 Å². The summed E-state index contributed by atoms with van der Waals surface area (Å²) in [6.45, 7) is 3.78. The summed E-state index contributed by atoms with van der Waals surface area (Å²) >= 11 is 1.73. The molecule has 0 bridgehead atoms. The van der Waals surface area contributed by atoms with E-state index in [9.17, 15) is 9.90 Å². The number of rotatable bonds is 3. The normalized spacial score (nSPS) is 15.6. The third kappa shape index (κ3) is 3.36. The van der Waals surface area contributed by atoms with Gasteiger partial charge in [0.15, 0.2) is 0 Å². The molecule has 3 aromatic rings. The van der Waals surface area contributed by atoms with E-state index >= 15 is 0 Å². The van der Waals surface area contributed by atoms with Crippen molar-refractivity contribution in [1.29, 1.82) is 0 Å². The van der Waals surface area contributed by atoms with Crippen molar-refractivity contribution in [3.63, 3.8) is 0 Å². The monoisotopic (exact) mass is 353 g/mol. The van der Waals surface area contributed by atoms with Crippen LogP contribution in [-0.4, -0.2) is 52.0 Å². The fraction of sp³-hybridized carbons (Fsp3) is 0.263. The van der Waals surface area contributed by atoms with Gasteiger partial charge in [-0.25, -0.2) is 4.98 Å². The number of aromatic nitrogens is 1. The number of carbonyl (C=O) groups excluding carboxylic acids is 1. The summed E-state index contributed by atoms with van der Waals surface area (Å²) in [5.74, 6) is -0.0536. The Hall–Kier alpha value is -2.44. The number of benzene rings is 2. The zero-order valence-electron chi connectivity index (χ0n) is 13.8. The number of phenolic OH excluding ortho intramolecular Hbond substituents is 1. The number of piperazine rings is 1. The first-order valence-corrected chi connectivity index (χ1v) is 9.16. The van der Waals surface area contributed by atoms with Crippen molar-refractivity contribution in [3.05, 3.63) is 59.1 Å². The molecule has 1 N–H and O–H groups in total. The molecule has 0 unspecified atom stereocenters. The standard InChI is InChI=1S/C19H19N3O2S/c23-16-7-3-1-5-14(16)19(24)22-11-9-21(10-12-22)13-18-20-15-6-2-4-8-17(15)25-18/h1-8,23H,9-13H2. The van der Waals surface area contributed by atoms with Crippen molar-refractivity contribution in [2.24, 2.45) is 0 Å². The van der Waals surface area contributed by atoms with E-state index in [1.165, 1.54) is 4.70 Å². The molecular formula is C19H19N3O2S. The lowest BCUT2D eigenvalue weighted by Gasteiger charge is -2.34. The van der Waals surface area contributed by atoms with E-state index in [1.54, 1.807) is 35.6 Å². The van der Waals surface area contributed by atoms with E-state index < -0.39 is 0 Å². The minimum atomic E-state index is -0.0993. The third-order valence-electron chi connectivity index (χ3n) is 4.49. The Labute approximate surface area is 150 Å². The van der Waals surface area contributed by atoms with Crippen molar-refractivity contribution in [1.82, 2.24) is 14.8 Å². The number of carbonyl (C=O) groups is 1. The van der Waals surface area contributed by atoms with Crippen LogP contribution in [0.5, 0.6) is 5.75 Å². The van der Waals surface area contributed by atoms with Crippen LogP contribution in [0.3, 0.4) is 0 Å². The molecule has 4 rings (SSSR count). The molecular weight excluding hydrogens is 334 g/mol. The van der Waals surface area contributed by atoms with E-state index in [-0.39, 0.29) is 11.7 Å². The predicted octanol–water partition coefficient (Wildman–Crippen LogP) is 2.96. The minimum absolute atomic E-state index is 0.0457. The molecule has 0 atom stereocenters.